The zero-order chi connectivity index (χ0) is 14.4. The molecule has 1 aromatic rings. The predicted molar refractivity (Wildman–Crippen MR) is 80.9 cm³/mol. The molecular weight excluding hydrogens is 252 g/mol. The number of ether oxygens (including phenoxy) is 1. The second kappa shape index (κ2) is 6.75. The van der Waals surface area contributed by atoms with E-state index < -0.39 is 0 Å². The predicted octanol–water partition coefficient (Wildman–Crippen LogP) is 2.20. The van der Waals surface area contributed by atoms with Crippen LogP contribution in [0, 0.1) is 0 Å². The molecule has 1 aliphatic heterocycles. The summed E-state index contributed by atoms with van der Waals surface area (Å²) in [5.41, 5.74) is 1.14. The van der Waals surface area contributed by atoms with Crippen molar-refractivity contribution in [1.29, 1.82) is 0 Å². The quantitative estimate of drug-likeness (QED) is 0.837. The number of para-hydroxylation sites is 1. The smallest absolute Gasteiger partial charge is 0.307 e. The first-order valence-electron chi connectivity index (χ1n) is 7.33. The maximum Gasteiger partial charge on any atom is 0.307 e. The van der Waals surface area contributed by atoms with Crippen molar-refractivity contribution < 1.29 is 9.53 Å². The molecule has 20 heavy (non-hydrogen) atoms. The van der Waals surface area contributed by atoms with Gasteiger partial charge >= 0.3 is 5.97 Å². The van der Waals surface area contributed by atoms with Crippen molar-refractivity contribution in [2.75, 3.05) is 31.6 Å². The maximum absolute atomic E-state index is 11.8. The van der Waals surface area contributed by atoms with Crippen LogP contribution in [0.4, 0.5) is 5.69 Å². The number of hydrogen-bond acceptors (Lipinski definition) is 4. The van der Waals surface area contributed by atoms with Crippen LogP contribution in [-0.2, 0) is 9.53 Å². The van der Waals surface area contributed by atoms with Crippen molar-refractivity contribution in [3.05, 3.63) is 30.3 Å². The highest BCUT2D eigenvalue weighted by Crippen LogP contribution is 2.28. The fraction of sp³-hybridized carbons (Fsp3) is 0.562. The SMILES string of the molecule is CCOC(=O)CC1(NC)CCN(c2ccccc2)CC1. The van der Waals surface area contributed by atoms with Crippen molar-refractivity contribution in [3.8, 4) is 0 Å². The molecule has 1 heterocycles. The van der Waals surface area contributed by atoms with Crippen molar-refractivity contribution in [1.82, 2.24) is 5.32 Å². The van der Waals surface area contributed by atoms with Crippen molar-refractivity contribution in [2.24, 2.45) is 0 Å². The highest BCUT2D eigenvalue weighted by Gasteiger charge is 2.35. The third-order valence-corrected chi connectivity index (χ3v) is 4.16. The Morgan fingerprint density at radius 1 is 1.30 bits per heavy atom. The number of nitrogens with one attached hydrogen (secondary N) is 1. The first-order chi connectivity index (χ1) is 9.69. The molecule has 0 radical (unpaired) electrons. The molecule has 1 N–H and O–H groups in total. The van der Waals surface area contributed by atoms with Crippen LogP contribution in [0.15, 0.2) is 30.3 Å². The van der Waals surface area contributed by atoms with Crippen molar-refractivity contribution in [2.45, 2.75) is 31.7 Å². The Labute approximate surface area is 121 Å². The number of hydrogen-bond donors (Lipinski definition) is 1. The molecule has 0 unspecified atom stereocenters. The molecule has 2 rings (SSSR count). The van der Waals surface area contributed by atoms with Crippen LogP contribution in [0.25, 0.3) is 0 Å². The molecule has 110 valence electrons. The van der Waals surface area contributed by atoms with Crippen LogP contribution in [0.1, 0.15) is 26.2 Å². The molecule has 1 saturated heterocycles. The largest absolute Gasteiger partial charge is 0.466 e. The first-order valence-corrected chi connectivity index (χ1v) is 7.33. The van der Waals surface area contributed by atoms with Crippen LogP contribution in [0.3, 0.4) is 0 Å². The molecule has 0 aliphatic carbocycles. The van der Waals surface area contributed by atoms with Gasteiger partial charge in [-0.3, -0.25) is 4.79 Å². The van der Waals surface area contributed by atoms with Gasteiger partial charge in [-0.15, -0.1) is 0 Å². The summed E-state index contributed by atoms with van der Waals surface area (Å²) in [5, 5.41) is 3.35. The average molecular weight is 276 g/mol. The number of anilines is 1. The molecule has 4 heteroatoms. The fourth-order valence-corrected chi connectivity index (χ4v) is 2.84. The van der Waals surface area contributed by atoms with Crippen molar-refractivity contribution in [3.63, 3.8) is 0 Å². The normalized spacial score (nSPS) is 17.8. The van der Waals surface area contributed by atoms with Gasteiger partial charge in [0.15, 0.2) is 0 Å². The lowest BCUT2D eigenvalue weighted by Gasteiger charge is -2.42. The third-order valence-electron chi connectivity index (χ3n) is 4.16. The van der Waals surface area contributed by atoms with Gasteiger partial charge in [-0.05, 0) is 38.9 Å². The summed E-state index contributed by atoms with van der Waals surface area (Å²) in [4.78, 5) is 14.1. The van der Waals surface area contributed by atoms with E-state index in [0.717, 1.165) is 25.9 Å². The second-order valence-electron chi connectivity index (χ2n) is 5.33. The zero-order valence-corrected chi connectivity index (χ0v) is 12.4. The Hall–Kier alpha value is -1.55. The third kappa shape index (κ3) is 3.51. The maximum atomic E-state index is 11.8. The number of carbonyl (C=O) groups excluding carboxylic acids is 1. The average Bonchev–Trinajstić information content (AvgIpc) is 2.49. The van der Waals surface area contributed by atoms with E-state index in [9.17, 15) is 4.79 Å². The molecule has 0 spiro atoms. The van der Waals surface area contributed by atoms with Gasteiger partial charge in [-0.1, -0.05) is 18.2 Å². The summed E-state index contributed by atoms with van der Waals surface area (Å²) >= 11 is 0. The number of esters is 1. The van der Waals surface area contributed by atoms with Gasteiger partial charge in [0, 0.05) is 24.3 Å². The Morgan fingerprint density at radius 3 is 2.50 bits per heavy atom. The number of nitrogens with zero attached hydrogens (tertiary/aromatic N) is 1. The van der Waals surface area contributed by atoms with E-state index in [4.69, 9.17) is 4.74 Å². The lowest BCUT2D eigenvalue weighted by atomic mass is 9.84. The minimum absolute atomic E-state index is 0.102. The molecule has 1 aromatic carbocycles. The van der Waals surface area contributed by atoms with Gasteiger partial charge in [0.25, 0.3) is 0 Å². The van der Waals surface area contributed by atoms with Gasteiger partial charge in [0.2, 0.25) is 0 Å². The summed E-state index contributed by atoms with van der Waals surface area (Å²) in [7, 11) is 1.94. The van der Waals surface area contributed by atoms with E-state index in [1.807, 2.05) is 20.0 Å². The minimum atomic E-state index is -0.114. The van der Waals surface area contributed by atoms with Gasteiger partial charge in [-0.25, -0.2) is 0 Å². The lowest BCUT2D eigenvalue weighted by molar-refractivity contribution is -0.145. The molecule has 4 nitrogen and oxygen atoms in total. The Morgan fingerprint density at radius 2 is 1.95 bits per heavy atom. The monoisotopic (exact) mass is 276 g/mol. The number of carbonyl (C=O) groups is 1. The summed E-state index contributed by atoms with van der Waals surface area (Å²) in [5.74, 6) is -0.102. The van der Waals surface area contributed by atoms with E-state index in [2.05, 4.69) is 34.5 Å². The molecule has 1 aliphatic rings. The van der Waals surface area contributed by atoms with Gasteiger partial charge in [0.1, 0.15) is 0 Å². The Kier molecular flexibility index (Phi) is 5.01. The van der Waals surface area contributed by atoms with Gasteiger partial charge < -0.3 is 15.0 Å². The molecule has 0 bridgehead atoms. The topological polar surface area (TPSA) is 41.6 Å². The van der Waals surface area contributed by atoms with Crippen LogP contribution < -0.4 is 10.2 Å². The molecule has 0 saturated carbocycles. The van der Waals surface area contributed by atoms with E-state index in [1.165, 1.54) is 5.69 Å². The van der Waals surface area contributed by atoms with Gasteiger partial charge in [0.05, 0.1) is 13.0 Å². The summed E-state index contributed by atoms with van der Waals surface area (Å²) < 4.78 is 5.09. The van der Waals surface area contributed by atoms with Crippen molar-refractivity contribution >= 4 is 11.7 Å². The molecule has 1 fully saturated rings. The number of piperidine rings is 1. The van der Waals surface area contributed by atoms with Crippen LogP contribution in [-0.4, -0.2) is 38.3 Å². The minimum Gasteiger partial charge on any atom is -0.466 e. The molecule has 0 atom stereocenters. The van der Waals surface area contributed by atoms with Gasteiger partial charge in [-0.2, -0.15) is 0 Å². The molecular formula is C16H24N2O2. The van der Waals surface area contributed by atoms with E-state index in [-0.39, 0.29) is 11.5 Å². The van der Waals surface area contributed by atoms with Crippen LogP contribution in [0.5, 0.6) is 0 Å². The molecule has 0 aromatic heterocycles. The highest BCUT2D eigenvalue weighted by molar-refractivity contribution is 5.71. The Balaban J connectivity index is 1.95. The number of benzene rings is 1. The number of rotatable bonds is 5. The summed E-state index contributed by atoms with van der Waals surface area (Å²) in [6, 6.07) is 10.4. The highest BCUT2D eigenvalue weighted by atomic mass is 16.5. The molecule has 0 amide bonds. The standard InChI is InChI=1S/C16H24N2O2/c1-3-20-15(19)13-16(17-2)9-11-18(12-10-16)14-7-5-4-6-8-14/h4-8,17H,3,9-13H2,1-2H3. The van der Waals surface area contributed by atoms with Crippen LogP contribution in [0.2, 0.25) is 0 Å². The van der Waals surface area contributed by atoms with E-state index >= 15 is 0 Å². The first kappa shape index (κ1) is 14.9. The van der Waals surface area contributed by atoms with E-state index in [0.29, 0.717) is 13.0 Å². The van der Waals surface area contributed by atoms with Crippen LogP contribution >= 0.6 is 0 Å². The van der Waals surface area contributed by atoms with E-state index in [1.54, 1.807) is 0 Å². The lowest BCUT2D eigenvalue weighted by Crippen LogP contribution is -2.53. The summed E-state index contributed by atoms with van der Waals surface area (Å²) in [6.45, 7) is 4.23. The second-order valence-corrected chi connectivity index (χ2v) is 5.33. The zero-order valence-electron chi connectivity index (χ0n) is 12.4. The Bertz CT molecular complexity index is 425. The fourth-order valence-electron chi connectivity index (χ4n) is 2.84. The summed E-state index contributed by atoms with van der Waals surface area (Å²) in [6.07, 6.45) is 2.37.